The Morgan fingerprint density at radius 2 is 2.10 bits per heavy atom. The van der Waals surface area contributed by atoms with Crippen LogP contribution in [0.1, 0.15) is 30.6 Å². The molecule has 1 aromatic carbocycles. The molecule has 0 bridgehead atoms. The van der Waals surface area contributed by atoms with E-state index < -0.39 is 0 Å². The second-order valence-electron chi connectivity index (χ2n) is 5.02. The Labute approximate surface area is 120 Å². The van der Waals surface area contributed by atoms with Crippen molar-refractivity contribution in [3.63, 3.8) is 0 Å². The summed E-state index contributed by atoms with van der Waals surface area (Å²) in [6, 6.07) is 5.13. The molecule has 0 amide bonds. The Morgan fingerprint density at radius 3 is 2.70 bits per heavy atom. The van der Waals surface area contributed by atoms with Gasteiger partial charge in [-0.2, -0.15) is 0 Å². The predicted molar refractivity (Wildman–Crippen MR) is 80.1 cm³/mol. The predicted octanol–water partition coefficient (Wildman–Crippen LogP) is 2.16. The number of nitrogens with two attached hydrogens (primary N) is 1. The Morgan fingerprint density at radius 1 is 1.40 bits per heavy atom. The van der Waals surface area contributed by atoms with Crippen LogP contribution in [0.3, 0.4) is 0 Å². The lowest BCUT2D eigenvalue weighted by Gasteiger charge is -2.19. The lowest BCUT2D eigenvalue weighted by atomic mass is 10.2. The molecule has 0 aliphatic heterocycles. The van der Waals surface area contributed by atoms with Crippen molar-refractivity contribution in [1.29, 1.82) is 0 Å². The quantitative estimate of drug-likeness (QED) is 0.612. The van der Waals surface area contributed by atoms with E-state index in [2.05, 4.69) is 0 Å². The largest absolute Gasteiger partial charge is 0.493 e. The average molecular weight is 280 g/mol. The van der Waals surface area contributed by atoms with E-state index in [0.717, 1.165) is 6.42 Å². The summed E-state index contributed by atoms with van der Waals surface area (Å²) in [4.78, 5) is 14.1. The molecule has 0 fully saturated rings. The smallest absolute Gasteiger partial charge is 0.341 e. The lowest BCUT2D eigenvalue weighted by Crippen LogP contribution is -2.30. The van der Waals surface area contributed by atoms with Gasteiger partial charge in [0.1, 0.15) is 17.9 Å². The van der Waals surface area contributed by atoms with E-state index >= 15 is 0 Å². The zero-order valence-electron chi connectivity index (χ0n) is 12.7. The molecule has 1 rings (SSSR count). The minimum absolute atomic E-state index is 0.160. The first-order valence-corrected chi connectivity index (χ1v) is 6.81. The van der Waals surface area contributed by atoms with Crippen LogP contribution in [0.2, 0.25) is 0 Å². The summed E-state index contributed by atoms with van der Waals surface area (Å²) >= 11 is 0. The third kappa shape index (κ3) is 4.74. The van der Waals surface area contributed by atoms with Crippen LogP contribution in [0.25, 0.3) is 0 Å². The molecule has 0 saturated heterocycles. The van der Waals surface area contributed by atoms with Crippen LogP contribution in [0, 0.1) is 0 Å². The van der Waals surface area contributed by atoms with Crippen LogP contribution in [0.4, 0.5) is 5.69 Å². The molecule has 0 radical (unpaired) electrons. The number of anilines is 1. The summed E-state index contributed by atoms with van der Waals surface area (Å²) in [5.41, 5.74) is 6.70. The van der Waals surface area contributed by atoms with E-state index in [4.69, 9.17) is 15.2 Å². The van der Waals surface area contributed by atoms with E-state index in [9.17, 15) is 4.79 Å². The number of nitrogen functional groups attached to an aromatic ring is 1. The minimum atomic E-state index is -0.384. The molecule has 2 N–H and O–H groups in total. The molecular formula is C15H24N2O3. The van der Waals surface area contributed by atoms with Crippen molar-refractivity contribution < 1.29 is 14.3 Å². The monoisotopic (exact) mass is 280 g/mol. The zero-order chi connectivity index (χ0) is 15.1. The molecule has 0 aromatic heterocycles. The molecular weight excluding hydrogens is 256 g/mol. The lowest BCUT2D eigenvalue weighted by molar-refractivity contribution is 0.0412. The summed E-state index contributed by atoms with van der Waals surface area (Å²) in [7, 11) is 3.88. The van der Waals surface area contributed by atoms with Gasteiger partial charge in [0.2, 0.25) is 0 Å². The SMILES string of the molecule is CCCOc1cc(N)ccc1C(=O)OC[C@H](C)N(C)C. The van der Waals surface area contributed by atoms with Crippen molar-refractivity contribution in [2.45, 2.75) is 26.3 Å². The molecule has 20 heavy (non-hydrogen) atoms. The van der Waals surface area contributed by atoms with Crippen molar-refractivity contribution in [2.75, 3.05) is 33.0 Å². The van der Waals surface area contributed by atoms with Gasteiger partial charge in [-0.05, 0) is 39.6 Å². The highest BCUT2D eigenvalue weighted by Gasteiger charge is 2.16. The molecule has 5 heteroatoms. The molecule has 0 aliphatic rings. The highest BCUT2D eigenvalue weighted by molar-refractivity contribution is 5.93. The Kier molecular flexibility index (Phi) is 6.31. The molecule has 1 aromatic rings. The Balaban J connectivity index is 2.76. The molecule has 0 saturated carbocycles. The maximum absolute atomic E-state index is 12.1. The third-order valence-electron chi connectivity index (χ3n) is 3.02. The summed E-state index contributed by atoms with van der Waals surface area (Å²) in [6.45, 7) is 4.87. The number of benzene rings is 1. The van der Waals surface area contributed by atoms with E-state index in [1.54, 1.807) is 18.2 Å². The fourth-order valence-corrected chi connectivity index (χ4v) is 1.46. The third-order valence-corrected chi connectivity index (χ3v) is 3.02. The van der Waals surface area contributed by atoms with Gasteiger partial charge in [-0.15, -0.1) is 0 Å². The molecule has 112 valence electrons. The normalized spacial score (nSPS) is 12.2. The van der Waals surface area contributed by atoms with Gasteiger partial charge in [-0.3, -0.25) is 0 Å². The second-order valence-corrected chi connectivity index (χ2v) is 5.02. The van der Waals surface area contributed by atoms with E-state index in [-0.39, 0.29) is 12.0 Å². The van der Waals surface area contributed by atoms with E-state index in [1.807, 2.05) is 32.8 Å². The maximum Gasteiger partial charge on any atom is 0.341 e. The number of nitrogens with zero attached hydrogens (tertiary/aromatic N) is 1. The van der Waals surface area contributed by atoms with Crippen LogP contribution in [0.5, 0.6) is 5.75 Å². The first-order valence-electron chi connectivity index (χ1n) is 6.81. The summed E-state index contributed by atoms with van der Waals surface area (Å²) in [5, 5.41) is 0. The highest BCUT2D eigenvalue weighted by Crippen LogP contribution is 2.23. The van der Waals surface area contributed by atoms with E-state index in [1.165, 1.54) is 0 Å². The van der Waals surface area contributed by atoms with Gasteiger partial charge < -0.3 is 20.1 Å². The van der Waals surface area contributed by atoms with Crippen LogP contribution in [-0.2, 0) is 4.74 Å². The van der Waals surface area contributed by atoms with E-state index in [0.29, 0.717) is 30.2 Å². The zero-order valence-corrected chi connectivity index (χ0v) is 12.7. The number of rotatable bonds is 7. The molecule has 0 unspecified atom stereocenters. The Bertz CT molecular complexity index is 447. The van der Waals surface area contributed by atoms with Gasteiger partial charge in [0.25, 0.3) is 0 Å². The minimum Gasteiger partial charge on any atom is -0.493 e. The molecule has 0 heterocycles. The van der Waals surface area contributed by atoms with Gasteiger partial charge in [-0.1, -0.05) is 6.92 Å². The molecule has 0 aliphatic carbocycles. The molecule has 1 atom stereocenters. The van der Waals surface area contributed by atoms with Gasteiger partial charge in [0.15, 0.2) is 0 Å². The standard InChI is InChI=1S/C15H24N2O3/c1-5-8-19-14-9-12(16)6-7-13(14)15(18)20-10-11(2)17(3)4/h6-7,9,11H,5,8,10,16H2,1-4H3/t11-/m0/s1. The first-order chi connectivity index (χ1) is 9.45. The average Bonchev–Trinajstić information content (AvgIpc) is 2.42. The molecule has 0 spiro atoms. The van der Waals surface area contributed by atoms with Crippen molar-refractivity contribution >= 4 is 11.7 Å². The Hall–Kier alpha value is -1.75. The second kappa shape index (κ2) is 7.75. The van der Waals surface area contributed by atoms with Gasteiger partial charge in [0, 0.05) is 17.8 Å². The van der Waals surface area contributed by atoms with Gasteiger partial charge >= 0.3 is 5.97 Å². The van der Waals surface area contributed by atoms with Gasteiger partial charge in [0.05, 0.1) is 6.61 Å². The summed E-state index contributed by atoms with van der Waals surface area (Å²) in [5.74, 6) is 0.0964. The van der Waals surface area contributed by atoms with Crippen LogP contribution in [0.15, 0.2) is 18.2 Å². The van der Waals surface area contributed by atoms with Crippen molar-refractivity contribution in [1.82, 2.24) is 4.90 Å². The van der Waals surface area contributed by atoms with Gasteiger partial charge in [-0.25, -0.2) is 4.79 Å². The highest BCUT2D eigenvalue weighted by atomic mass is 16.5. The number of carbonyl (C=O) groups is 1. The number of hydrogen-bond acceptors (Lipinski definition) is 5. The fraction of sp³-hybridized carbons (Fsp3) is 0.533. The number of likely N-dealkylation sites (N-methyl/N-ethyl adjacent to an activating group) is 1. The van der Waals surface area contributed by atoms with Crippen LogP contribution < -0.4 is 10.5 Å². The van der Waals surface area contributed by atoms with Crippen LogP contribution >= 0.6 is 0 Å². The number of ether oxygens (including phenoxy) is 2. The number of carbonyl (C=O) groups excluding carboxylic acids is 1. The topological polar surface area (TPSA) is 64.8 Å². The molecule has 5 nitrogen and oxygen atoms in total. The summed E-state index contributed by atoms with van der Waals surface area (Å²) < 4.78 is 10.9. The van der Waals surface area contributed by atoms with Crippen molar-refractivity contribution in [3.8, 4) is 5.75 Å². The van der Waals surface area contributed by atoms with Crippen molar-refractivity contribution in [2.24, 2.45) is 0 Å². The number of hydrogen-bond donors (Lipinski definition) is 1. The van der Waals surface area contributed by atoms with Crippen LogP contribution in [-0.4, -0.2) is 44.2 Å². The maximum atomic E-state index is 12.1. The van der Waals surface area contributed by atoms with Crippen molar-refractivity contribution in [3.05, 3.63) is 23.8 Å². The number of esters is 1. The first kappa shape index (κ1) is 16.3. The summed E-state index contributed by atoms with van der Waals surface area (Å²) in [6.07, 6.45) is 0.862. The fourth-order valence-electron chi connectivity index (χ4n) is 1.46.